The quantitative estimate of drug-likeness (QED) is 0.397. The molecule has 0 radical (unpaired) electrons. The number of benzene rings is 2. The van der Waals surface area contributed by atoms with Crippen LogP contribution in [0.1, 0.15) is 30.4 Å². The lowest BCUT2D eigenvalue weighted by molar-refractivity contribution is -0.137. The fourth-order valence-electron chi connectivity index (χ4n) is 3.67. The van der Waals surface area contributed by atoms with E-state index < -0.39 is 11.7 Å². The summed E-state index contributed by atoms with van der Waals surface area (Å²) in [5.41, 5.74) is 8.41. The monoisotopic (exact) mass is 457 g/mol. The van der Waals surface area contributed by atoms with E-state index in [1.807, 2.05) is 18.2 Å². The summed E-state index contributed by atoms with van der Waals surface area (Å²) >= 11 is 5.53. The van der Waals surface area contributed by atoms with E-state index in [0.29, 0.717) is 33.3 Å². The Bertz CT molecular complexity index is 1110. The van der Waals surface area contributed by atoms with Gasteiger partial charge in [0.2, 0.25) is 0 Å². The number of aromatic nitrogens is 2. The van der Waals surface area contributed by atoms with Crippen LogP contribution in [0.15, 0.2) is 54.9 Å². The first-order valence-electron chi connectivity index (χ1n) is 10.3. The van der Waals surface area contributed by atoms with Gasteiger partial charge in [0, 0.05) is 35.6 Å². The maximum atomic E-state index is 13.0. The minimum absolute atomic E-state index is 0.333. The smallest absolute Gasteiger partial charge is 0.398 e. The normalized spacial score (nSPS) is 14.3. The molecule has 0 atom stereocenters. The standard InChI is InChI=1S/C23H22F3N5S/c24-23(25,26)16-6-4-5-15(11-16)20-13-29-21(14-28-20)30-22(32)18-12-17(7-8-19(18)27)31-9-2-1-3-10-31/h4-8,11-14H,1-3,9-10,27H2,(H,29,30,32). The van der Waals surface area contributed by atoms with Crippen LogP contribution in [0.5, 0.6) is 0 Å². The van der Waals surface area contributed by atoms with Crippen LogP contribution in [0.3, 0.4) is 0 Å². The summed E-state index contributed by atoms with van der Waals surface area (Å²) in [5, 5.41) is 3.02. The molecular weight excluding hydrogens is 435 g/mol. The van der Waals surface area contributed by atoms with Gasteiger partial charge in [0.15, 0.2) is 0 Å². The molecule has 9 heteroatoms. The third-order valence-electron chi connectivity index (χ3n) is 5.38. The maximum Gasteiger partial charge on any atom is 0.416 e. The Morgan fingerprint density at radius 1 is 1.00 bits per heavy atom. The van der Waals surface area contributed by atoms with Crippen molar-refractivity contribution in [1.82, 2.24) is 9.97 Å². The first-order chi connectivity index (χ1) is 15.3. The van der Waals surface area contributed by atoms with Gasteiger partial charge >= 0.3 is 6.18 Å². The third-order valence-corrected chi connectivity index (χ3v) is 5.70. The van der Waals surface area contributed by atoms with Crippen molar-refractivity contribution in [2.45, 2.75) is 25.4 Å². The topological polar surface area (TPSA) is 67.1 Å². The van der Waals surface area contributed by atoms with Crippen molar-refractivity contribution < 1.29 is 13.2 Å². The van der Waals surface area contributed by atoms with Gasteiger partial charge in [-0.25, -0.2) is 4.98 Å². The molecule has 0 spiro atoms. The van der Waals surface area contributed by atoms with Gasteiger partial charge in [-0.05, 0) is 49.6 Å². The summed E-state index contributed by atoms with van der Waals surface area (Å²) in [6, 6.07) is 10.8. The van der Waals surface area contributed by atoms with Gasteiger partial charge < -0.3 is 16.0 Å². The Labute approximate surface area is 189 Å². The van der Waals surface area contributed by atoms with Crippen molar-refractivity contribution in [3.05, 3.63) is 66.0 Å². The fraction of sp³-hybridized carbons (Fsp3) is 0.261. The Balaban J connectivity index is 1.50. The van der Waals surface area contributed by atoms with Gasteiger partial charge in [-0.15, -0.1) is 0 Å². The van der Waals surface area contributed by atoms with Crippen LogP contribution in [0.25, 0.3) is 11.3 Å². The lowest BCUT2D eigenvalue weighted by atomic mass is 10.1. The second-order valence-corrected chi connectivity index (χ2v) is 8.05. The number of piperidine rings is 1. The van der Waals surface area contributed by atoms with Gasteiger partial charge in [-0.3, -0.25) is 4.98 Å². The van der Waals surface area contributed by atoms with Crippen LogP contribution in [-0.4, -0.2) is 28.0 Å². The highest BCUT2D eigenvalue weighted by Crippen LogP contribution is 2.31. The van der Waals surface area contributed by atoms with Gasteiger partial charge in [0.25, 0.3) is 0 Å². The van der Waals surface area contributed by atoms with Crippen LogP contribution in [-0.2, 0) is 6.18 Å². The molecule has 0 aliphatic carbocycles. The number of nitrogens with two attached hydrogens (primary N) is 1. The SMILES string of the molecule is Nc1ccc(N2CCCCC2)cc1C(=S)Nc1cnc(-c2cccc(C(F)(F)F)c2)cn1. The van der Waals surface area contributed by atoms with Crippen LogP contribution >= 0.6 is 12.2 Å². The number of nitrogens with zero attached hydrogens (tertiary/aromatic N) is 3. The zero-order valence-corrected chi connectivity index (χ0v) is 18.0. The van der Waals surface area contributed by atoms with Crippen LogP contribution in [0.2, 0.25) is 0 Å². The number of rotatable bonds is 4. The van der Waals surface area contributed by atoms with Crippen molar-refractivity contribution in [2.75, 3.05) is 29.0 Å². The molecule has 0 unspecified atom stereocenters. The molecule has 1 aromatic heterocycles. The fourth-order valence-corrected chi connectivity index (χ4v) is 3.95. The summed E-state index contributed by atoms with van der Waals surface area (Å²) in [6.45, 7) is 2.01. The van der Waals surface area contributed by atoms with E-state index >= 15 is 0 Å². The highest BCUT2D eigenvalue weighted by molar-refractivity contribution is 7.81. The Kier molecular flexibility index (Phi) is 6.27. The van der Waals surface area contributed by atoms with Gasteiger partial charge in [0.1, 0.15) is 10.8 Å². The Morgan fingerprint density at radius 3 is 2.47 bits per heavy atom. The first-order valence-corrected chi connectivity index (χ1v) is 10.7. The number of anilines is 3. The largest absolute Gasteiger partial charge is 0.416 e. The molecule has 2 aromatic carbocycles. The molecule has 2 heterocycles. The van der Waals surface area contributed by atoms with E-state index in [0.717, 1.165) is 43.8 Å². The number of nitrogen functional groups attached to an aromatic ring is 1. The molecule has 1 saturated heterocycles. The molecule has 1 aliphatic rings. The molecule has 3 N–H and O–H groups in total. The lowest BCUT2D eigenvalue weighted by Gasteiger charge is -2.29. The number of nitrogens with one attached hydrogen (secondary N) is 1. The summed E-state index contributed by atoms with van der Waals surface area (Å²) in [4.78, 5) is 11.2. The molecule has 3 aromatic rings. The van der Waals surface area contributed by atoms with Gasteiger partial charge in [-0.2, -0.15) is 13.2 Å². The highest BCUT2D eigenvalue weighted by atomic mass is 32.1. The molecule has 32 heavy (non-hydrogen) atoms. The summed E-state index contributed by atoms with van der Waals surface area (Å²) < 4.78 is 38.9. The highest BCUT2D eigenvalue weighted by Gasteiger charge is 2.30. The Hall–Kier alpha value is -3.20. The Morgan fingerprint density at radius 2 is 1.78 bits per heavy atom. The van der Waals surface area contributed by atoms with E-state index in [1.54, 1.807) is 6.07 Å². The number of thiocarbonyl (C=S) groups is 1. The second-order valence-electron chi connectivity index (χ2n) is 7.64. The number of hydrogen-bond donors (Lipinski definition) is 2. The molecule has 1 aliphatic heterocycles. The average Bonchev–Trinajstić information content (AvgIpc) is 2.80. The summed E-state index contributed by atoms with van der Waals surface area (Å²) in [5.74, 6) is 0.383. The molecule has 1 fully saturated rings. The number of alkyl halides is 3. The third kappa shape index (κ3) is 4.99. The van der Waals surface area contributed by atoms with E-state index in [4.69, 9.17) is 18.0 Å². The van der Waals surface area contributed by atoms with E-state index in [9.17, 15) is 13.2 Å². The predicted molar refractivity (Wildman–Crippen MR) is 125 cm³/mol. The van der Waals surface area contributed by atoms with Crippen LogP contribution in [0.4, 0.5) is 30.4 Å². The van der Waals surface area contributed by atoms with Crippen LogP contribution < -0.4 is 16.0 Å². The minimum atomic E-state index is -4.42. The molecule has 0 bridgehead atoms. The van der Waals surface area contributed by atoms with Crippen LogP contribution in [0, 0.1) is 0 Å². The van der Waals surface area contributed by atoms with Crippen molar-refractivity contribution in [3.8, 4) is 11.3 Å². The van der Waals surface area contributed by atoms with Crippen molar-refractivity contribution >= 4 is 34.4 Å². The van der Waals surface area contributed by atoms with Crippen molar-refractivity contribution in [3.63, 3.8) is 0 Å². The zero-order valence-electron chi connectivity index (χ0n) is 17.2. The molecular formula is C23H22F3N5S. The molecule has 4 rings (SSSR count). The molecule has 0 saturated carbocycles. The predicted octanol–water partition coefficient (Wildman–Crippen LogP) is 5.52. The van der Waals surface area contributed by atoms with Gasteiger partial charge in [-0.1, -0.05) is 24.4 Å². The average molecular weight is 458 g/mol. The summed E-state index contributed by atoms with van der Waals surface area (Å²) in [7, 11) is 0. The minimum Gasteiger partial charge on any atom is -0.398 e. The molecule has 166 valence electrons. The second kappa shape index (κ2) is 9.12. The lowest BCUT2D eigenvalue weighted by Crippen LogP contribution is -2.29. The number of hydrogen-bond acceptors (Lipinski definition) is 5. The summed E-state index contributed by atoms with van der Waals surface area (Å²) in [6.07, 6.45) is 2.00. The number of halogens is 3. The zero-order chi connectivity index (χ0) is 22.7. The van der Waals surface area contributed by atoms with E-state index in [-0.39, 0.29) is 0 Å². The maximum absolute atomic E-state index is 13.0. The molecule has 0 amide bonds. The van der Waals surface area contributed by atoms with E-state index in [1.165, 1.54) is 24.9 Å². The van der Waals surface area contributed by atoms with Crippen molar-refractivity contribution in [1.29, 1.82) is 0 Å². The molecule has 5 nitrogen and oxygen atoms in total. The van der Waals surface area contributed by atoms with Crippen molar-refractivity contribution in [2.24, 2.45) is 0 Å². The first kappa shape index (κ1) is 22.0. The van der Waals surface area contributed by atoms with Gasteiger partial charge in [0.05, 0.1) is 23.7 Å². The van der Waals surface area contributed by atoms with E-state index in [2.05, 4.69) is 20.2 Å².